The number of hydrogen-bond acceptors (Lipinski definition) is 4. The molecule has 0 saturated carbocycles. The first-order valence-electron chi connectivity index (χ1n) is 9.05. The van der Waals surface area contributed by atoms with Crippen LogP contribution in [0.15, 0.2) is 40.7 Å². The Kier molecular flexibility index (Phi) is 9.36. The summed E-state index contributed by atoms with van der Waals surface area (Å²) in [5.74, 6) is 1.74. The van der Waals surface area contributed by atoms with E-state index in [1.807, 2.05) is 0 Å². The lowest BCUT2D eigenvalue weighted by molar-refractivity contribution is 0.140. The summed E-state index contributed by atoms with van der Waals surface area (Å²) >= 11 is 1.78. The van der Waals surface area contributed by atoms with Gasteiger partial charge in [0, 0.05) is 37.0 Å². The molecule has 1 unspecified atom stereocenters. The zero-order valence-electron chi connectivity index (χ0n) is 15.9. The van der Waals surface area contributed by atoms with Crippen LogP contribution in [0.5, 0.6) is 5.75 Å². The Morgan fingerprint density at radius 1 is 1.33 bits per heavy atom. The molecule has 1 aliphatic heterocycles. The first-order chi connectivity index (χ1) is 12.7. The molecule has 27 heavy (non-hydrogen) atoms. The number of ether oxygens (including phenoxy) is 2. The molecule has 2 N–H and O–H groups in total. The fourth-order valence-corrected chi connectivity index (χ4v) is 3.57. The Morgan fingerprint density at radius 2 is 2.22 bits per heavy atom. The number of benzene rings is 1. The normalized spacial score (nSPS) is 16.7. The molecule has 0 aliphatic carbocycles. The molecule has 0 bridgehead atoms. The van der Waals surface area contributed by atoms with E-state index >= 15 is 0 Å². The number of hydrogen-bond donors (Lipinski definition) is 2. The van der Waals surface area contributed by atoms with E-state index in [1.54, 1.807) is 18.4 Å². The van der Waals surface area contributed by atoms with Crippen molar-refractivity contribution in [3.63, 3.8) is 0 Å². The Labute approximate surface area is 182 Å². The van der Waals surface area contributed by atoms with Gasteiger partial charge in [-0.2, -0.15) is 0 Å². The van der Waals surface area contributed by atoms with Gasteiger partial charge >= 0.3 is 0 Å². The molecule has 2 aromatic rings. The van der Waals surface area contributed by atoms with Crippen molar-refractivity contribution in [2.24, 2.45) is 4.99 Å². The number of rotatable bonds is 7. The van der Waals surface area contributed by atoms with Crippen molar-refractivity contribution in [3.8, 4) is 5.75 Å². The van der Waals surface area contributed by atoms with Crippen molar-refractivity contribution in [2.45, 2.75) is 32.4 Å². The number of nitrogens with zero attached hydrogens (tertiary/aromatic N) is 1. The van der Waals surface area contributed by atoms with Crippen LogP contribution in [0.1, 0.15) is 22.4 Å². The van der Waals surface area contributed by atoms with Crippen LogP contribution in [0.4, 0.5) is 0 Å². The van der Waals surface area contributed by atoms with Crippen molar-refractivity contribution in [1.82, 2.24) is 10.6 Å². The van der Waals surface area contributed by atoms with Crippen LogP contribution >= 0.6 is 35.3 Å². The van der Waals surface area contributed by atoms with Gasteiger partial charge in [0.1, 0.15) is 11.9 Å². The zero-order valence-corrected chi connectivity index (χ0v) is 19.0. The van der Waals surface area contributed by atoms with Gasteiger partial charge in [-0.3, -0.25) is 4.99 Å². The van der Waals surface area contributed by atoms with Gasteiger partial charge in [0.05, 0.1) is 13.2 Å². The first-order valence-corrected chi connectivity index (χ1v) is 9.93. The summed E-state index contributed by atoms with van der Waals surface area (Å²) in [7, 11) is 1.79. The average Bonchev–Trinajstić information content (AvgIpc) is 3.33. The Bertz CT molecular complexity index is 716. The number of nitrogens with one attached hydrogen (secondary N) is 2. The van der Waals surface area contributed by atoms with Crippen LogP contribution in [0.3, 0.4) is 0 Å². The number of halogens is 1. The number of guanidine groups is 1. The molecule has 0 spiro atoms. The van der Waals surface area contributed by atoms with Gasteiger partial charge in [-0.25, -0.2) is 0 Å². The summed E-state index contributed by atoms with van der Waals surface area (Å²) in [6.45, 7) is 5.07. The monoisotopic (exact) mass is 501 g/mol. The summed E-state index contributed by atoms with van der Waals surface area (Å²) in [5.41, 5.74) is 2.32. The lowest BCUT2D eigenvalue weighted by Gasteiger charge is -2.18. The molecule has 148 valence electrons. The Balaban J connectivity index is 0.00000261. The maximum Gasteiger partial charge on any atom is 0.191 e. The molecule has 1 aromatic carbocycles. The Hall–Kier alpha value is -1.32. The van der Waals surface area contributed by atoms with Crippen molar-refractivity contribution < 1.29 is 9.47 Å². The standard InChI is InChI=1S/C20H27N3O2S.HI/c1-15-5-6-16(19(12-15)25-17-8-10-24-14-17)13-23-20(21-2)22-9-7-18-4-3-11-26-18;/h3-6,11-12,17H,7-10,13-14H2,1-2H3,(H2,21,22,23);1H. The lowest BCUT2D eigenvalue weighted by Crippen LogP contribution is -2.37. The van der Waals surface area contributed by atoms with E-state index < -0.39 is 0 Å². The van der Waals surface area contributed by atoms with E-state index in [4.69, 9.17) is 9.47 Å². The van der Waals surface area contributed by atoms with Crippen LogP contribution in [-0.2, 0) is 17.7 Å². The highest BCUT2D eigenvalue weighted by molar-refractivity contribution is 14.0. The molecular formula is C20H28IN3O2S. The maximum atomic E-state index is 6.16. The molecule has 1 atom stereocenters. The lowest BCUT2D eigenvalue weighted by atomic mass is 10.1. The second-order valence-corrected chi connectivity index (χ2v) is 7.43. The summed E-state index contributed by atoms with van der Waals surface area (Å²) in [6.07, 6.45) is 2.10. The van der Waals surface area contributed by atoms with E-state index in [9.17, 15) is 0 Å². The van der Waals surface area contributed by atoms with E-state index in [1.165, 1.54) is 10.4 Å². The minimum atomic E-state index is 0. The molecule has 0 amide bonds. The predicted molar refractivity (Wildman–Crippen MR) is 123 cm³/mol. The molecule has 0 radical (unpaired) electrons. The highest BCUT2D eigenvalue weighted by Gasteiger charge is 2.18. The summed E-state index contributed by atoms with van der Waals surface area (Å²) < 4.78 is 11.6. The third-order valence-corrected chi connectivity index (χ3v) is 5.25. The van der Waals surface area contributed by atoms with Gasteiger partial charge in [0.15, 0.2) is 5.96 Å². The van der Waals surface area contributed by atoms with Gasteiger partial charge in [0.25, 0.3) is 0 Å². The molecule has 3 rings (SSSR count). The first kappa shape index (κ1) is 22.0. The molecule has 7 heteroatoms. The highest BCUT2D eigenvalue weighted by atomic mass is 127. The van der Waals surface area contributed by atoms with E-state index in [0.717, 1.165) is 43.3 Å². The molecule has 1 aromatic heterocycles. The Morgan fingerprint density at radius 3 is 2.93 bits per heavy atom. The average molecular weight is 501 g/mol. The molecule has 1 fully saturated rings. The van der Waals surface area contributed by atoms with Crippen molar-refractivity contribution >= 4 is 41.3 Å². The summed E-state index contributed by atoms with van der Waals surface area (Å²) in [6, 6.07) is 10.6. The third kappa shape index (κ3) is 6.97. The largest absolute Gasteiger partial charge is 0.488 e. The number of aliphatic imine (C=N–C) groups is 1. The van der Waals surface area contributed by atoms with Gasteiger partial charge < -0.3 is 20.1 Å². The molecule has 2 heterocycles. The smallest absolute Gasteiger partial charge is 0.191 e. The topological polar surface area (TPSA) is 54.9 Å². The number of aryl methyl sites for hydroxylation is 1. The van der Waals surface area contributed by atoms with E-state index in [0.29, 0.717) is 13.2 Å². The second kappa shape index (κ2) is 11.5. The summed E-state index contributed by atoms with van der Waals surface area (Å²) in [5, 5.41) is 8.86. The quantitative estimate of drug-likeness (QED) is 0.345. The van der Waals surface area contributed by atoms with Crippen molar-refractivity contribution in [1.29, 1.82) is 0 Å². The summed E-state index contributed by atoms with van der Waals surface area (Å²) in [4.78, 5) is 5.69. The zero-order chi connectivity index (χ0) is 18.2. The van der Waals surface area contributed by atoms with Crippen LogP contribution < -0.4 is 15.4 Å². The van der Waals surface area contributed by atoms with Gasteiger partial charge in [-0.1, -0.05) is 18.2 Å². The fraction of sp³-hybridized carbons (Fsp3) is 0.450. The highest BCUT2D eigenvalue weighted by Crippen LogP contribution is 2.23. The number of thiophene rings is 1. The molecule has 5 nitrogen and oxygen atoms in total. The molecule has 1 aliphatic rings. The van der Waals surface area contributed by atoms with Crippen molar-refractivity contribution in [2.75, 3.05) is 26.8 Å². The minimum Gasteiger partial charge on any atom is -0.488 e. The third-order valence-electron chi connectivity index (χ3n) is 4.32. The molecular weight excluding hydrogens is 473 g/mol. The second-order valence-electron chi connectivity index (χ2n) is 6.40. The fourth-order valence-electron chi connectivity index (χ4n) is 2.86. The van der Waals surface area contributed by atoms with Crippen LogP contribution in [-0.4, -0.2) is 38.9 Å². The van der Waals surface area contributed by atoms with Gasteiger partial charge in [0.2, 0.25) is 0 Å². The minimum absolute atomic E-state index is 0. The molecule has 1 saturated heterocycles. The van der Waals surface area contributed by atoms with E-state index in [-0.39, 0.29) is 30.1 Å². The van der Waals surface area contributed by atoms with Crippen molar-refractivity contribution in [3.05, 3.63) is 51.7 Å². The van der Waals surface area contributed by atoms with Gasteiger partial charge in [-0.05, 0) is 36.4 Å². The SMILES string of the molecule is CN=C(NCCc1cccs1)NCc1ccc(C)cc1OC1CCOC1.I. The van der Waals surface area contributed by atoms with Crippen LogP contribution in [0.2, 0.25) is 0 Å². The van der Waals surface area contributed by atoms with Crippen LogP contribution in [0.25, 0.3) is 0 Å². The van der Waals surface area contributed by atoms with E-state index in [2.05, 4.69) is 58.3 Å². The maximum absolute atomic E-state index is 6.16. The van der Waals surface area contributed by atoms with Gasteiger partial charge in [-0.15, -0.1) is 35.3 Å². The van der Waals surface area contributed by atoms with Crippen LogP contribution in [0, 0.1) is 6.92 Å². The predicted octanol–water partition coefficient (Wildman–Crippen LogP) is 3.75.